The van der Waals surface area contributed by atoms with Crippen molar-refractivity contribution in [2.45, 2.75) is 0 Å². The fourth-order valence-corrected chi connectivity index (χ4v) is 2.54. The lowest BCUT2D eigenvalue weighted by Crippen LogP contribution is -2.33. The van der Waals surface area contributed by atoms with Crippen LogP contribution in [0.3, 0.4) is 0 Å². The molecule has 1 aromatic rings. The molecule has 0 saturated carbocycles. The van der Waals surface area contributed by atoms with Crippen molar-refractivity contribution in [3.05, 3.63) is 28.7 Å². The Morgan fingerprint density at radius 3 is 2.94 bits per heavy atom. The van der Waals surface area contributed by atoms with Gasteiger partial charge in [0, 0.05) is 30.7 Å². The van der Waals surface area contributed by atoms with Crippen LogP contribution in [0.25, 0.3) is 0 Å². The predicted octanol–water partition coefficient (Wildman–Crippen LogP) is 1.56. The Balaban J connectivity index is 2.19. The van der Waals surface area contributed by atoms with Gasteiger partial charge in [0.1, 0.15) is 0 Å². The van der Waals surface area contributed by atoms with Crippen molar-refractivity contribution in [2.24, 2.45) is 5.92 Å². The molecular formula is C12H15BrN2O2. The number of halogens is 1. The molecule has 0 amide bonds. The van der Waals surface area contributed by atoms with Gasteiger partial charge in [0.15, 0.2) is 0 Å². The summed E-state index contributed by atoms with van der Waals surface area (Å²) < 4.78 is 1.01. The number of nitrogens with one attached hydrogen (secondary N) is 1. The fraction of sp³-hybridized carbons (Fsp3) is 0.417. The van der Waals surface area contributed by atoms with Crippen LogP contribution in [-0.2, 0) is 4.79 Å². The van der Waals surface area contributed by atoms with Gasteiger partial charge in [-0.15, -0.1) is 0 Å². The van der Waals surface area contributed by atoms with Crippen LogP contribution in [0.1, 0.15) is 0 Å². The van der Waals surface area contributed by atoms with E-state index >= 15 is 0 Å². The smallest absolute Gasteiger partial charge is 0.309 e. The number of para-hydroxylation sites is 1. The minimum Gasteiger partial charge on any atom is -0.481 e. The molecule has 5 heteroatoms. The van der Waals surface area contributed by atoms with Gasteiger partial charge in [-0.05, 0) is 28.1 Å². The van der Waals surface area contributed by atoms with Crippen LogP contribution in [0.5, 0.6) is 0 Å². The first kappa shape index (κ1) is 12.4. The number of carboxylic acid groups (broad SMARTS) is 1. The zero-order valence-corrected chi connectivity index (χ0v) is 11.0. The summed E-state index contributed by atoms with van der Waals surface area (Å²) in [5, 5.41) is 12.3. The number of aliphatic carboxylic acids is 1. The Bertz CT molecular complexity index is 411. The summed E-state index contributed by atoms with van der Waals surface area (Å²) in [5.74, 6) is -1.10. The zero-order valence-electron chi connectivity index (χ0n) is 9.40. The topological polar surface area (TPSA) is 52.6 Å². The minimum absolute atomic E-state index is 0.357. The van der Waals surface area contributed by atoms with E-state index in [-0.39, 0.29) is 5.92 Å². The van der Waals surface area contributed by atoms with Crippen molar-refractivity contribution in [1.82, 2.24) is 5.32 Å². The molecule has 1 aliphatic rings. The van der Waals surface area contributed by atoms with E-state index in [1.807, 2.05) is 24.3 Å². The maximum Gasteiger partial charge on any atom is 0.309 e. The molecule has 0 aliphatic carbocycles. The third kappa shape index (κ3) is 2.98. The second-order valence-corrected chi connectivity index (χ2v) is 4.99. The van der Waals surface area contributed by atoms with Gasteiger partial charge in [0.2, 0.25) is 0 Å². The average Bonchev–Trinajstić information content (AvgIpc) is 2.55. The Hall–Kier alpha value is -1.07. The molecule has 17 heavy (non-hydrogen) atoms. The van der Waals surface area contributed by atoms with Crippen molar-refractivity contribution in [1.29, 1.82) is 0 Å². The third-order valence-corrected chi connectivity index (χ3v) is 3.60. The number of anilines is 1. The highest BCUT2D eigenvalue weighted by Crippen LogP contribution is 2.26. The van der Waals surface area contributed by atoms with Gasteiger partial charge >= 0.3 is 5.97 Å². The summed E-state index contributed by atoms with van der Waals surface area (Å²) in [7, 11) is 0. The van der Waals surface area contributed by atoms with Crippen molar-refractivity contribution >= 4 is 27.6 Å². The largest absolute Gasteiger partial charge is 0.481 e. The van der Waals surface area contributed by atoms with E-state index in [1.165, 1.54) is 0 Å². The molecule has 4 nitrogen and oxygen atoms in total. The van der Waals surface area contributed by atoms with E-state index in [9.17, 15) is 4.79 Å². The van der Waals surface area contributed by atoms with Crippen LogP contribution < -0.4 is 10.2 Å². The molecule has 0 bridgehead atoms. The maximum atomic E-state index is 11.1. The van der Waals surface area contributed by atoms with E-state index in [2.05, 4.69) is 26.1 Å². The monoisotopic (exact) mass is 298 g/mol. The predicted molar refractivity (Wildman–Crippen MR) is 70.4 cm³/mol. The molecule has 1 atom stereocenters. The summed E-state index contributed by atoms with van der Waals surface area (Å²) in [5.41, 5.74) is 1.06. The van der Waals surface area contributed by atoms with Gasteiger partial charge in [-0.25, -0.2) is 0 Å². The fourth-order valence-electron chi connectivity index (χ4n) is 2.00. The number of benzene rings is 1. The van der Waals surface area contributed by atoms with Crippen molar-refractivity contribution < 1.29 is 9.90 Å². The summed E-state index contributed by atoms with van der Waals surface area (Å²) >= 11 is 3.50. The first-order chi connectivity index (χ1) is 8.18. The number of carbonyl (C=O) groups is 1. The molecule has 1 aromatic carbocycles. The molecule has 2 N–H and O–H groups in total. The van der Waals surface area contributed by atoms with Gasteiger partial charge in [-0.2, -0.15) is 0 Å². The van der Waals surface area contributed by atoms with Crippen molar-refractivity contribution in [2.75, 3.05) is 31.1 Å². The van der Waals surface area contributed by atoms with E-state index < -0.39 is 5.97 Å². The molecule has 0 radical (unpaired) electrons. The number of hydrogen-bond donors (Lipinski definition) is 2. The number of nitrogens with zero attached hydrogens (tertiary/aromatic N) is 1. The summed E-state index contributed by atoms with van der Waals surface area (Å²) in [6, 6.07) is 7.91. The first-order valence-corrected chi connectivity index (χ1v) is 6.41. The van der Waals surface area contributed by atoms with Crippen LogP contribution in [-0.4, -0.2) is 37.3 Å². The van der Waals surface area contributed by atoms with E-state index in [1.54, 1.807) is 0 Å². The van der Waals surface area contributed by atoms with Gasteiger partial charge in [-0.3, -0.25) is 4.79 Å². The van der Waals surface area contributed by atoms with Crippen molar-refractivity contribution in [3.63, 3.8) is 0 Å². The van der Waals surface area contributed by atoms with Gasteiger partial charge in [0.25, 0.3) is 0 Å². The average molecular weight is 299 g/mol. The molecular weight excluding hydrogens is 284 g/mol. The summed E-state index contributed by atoms with van der Waals surface area (Å²) in [6.07, 6.45) is 0. The third-order valence-electron chi connectivity index (χ3n) is 2.93. The van der Waals surface area contributed by atoms with Gasteiger partial charge in [-0.1, -0.05) is 12.1 Å². The second-order valence-electron chi connectivity index (χ2n) is 4.14. The molecule has 1 saturated heterocycles. The number of hydrogen-bond acceptors (Lipinski definition) is 3. The molecule has 0 aromatic heterocycles. The number of rotatable bonds is 2. The lowest BCUT2D eigenvalue weighted by atomic mass is 10.1. The van der Waals surface area contributed by atoms with Gasteiger partial charge in [0.05, 0.1) is 11.6 Å². The second kappa shape index (κ2) is 5.51. The van der Waals surface area contributed by atoms with Crippen LogP contribution in [0.15, 0.2) is 28.7 Å². The molecule has 1 fully saturated rings. The first-order valence-electron chi connectivity index (χ1n) is 5.61. The quantitative estimate of drug-likeness (QED) is 0.870. The maximum absolute atomic E-state index is 11.1. The minimum atomic E-state index is -0.739. The highest BCUT2D eigenvalue weighted by molar-refractivity contribution is 9.10. The van der Waals surface area contributed by atoms with Gasteiger partial charge < -0.3 is 15.3 Å². The SMILES string of the molecule is O=C(O)C1CNCCN(c2ccccc2Br)C1. The molecule has 1 unspecified atom stereocenters. The zero-order chi connectivity index (χ0) is 12.3. The normalized spacial score (nSPS) is 21.0. The molecule has 0 spiro atoms. The van der Waals surface area contributed by atoms with E-state index in [0.29, 0.717) is 13.1 Å². The Kier molecular flexibility index (Phi) is 4.02. The Labute approximate surface area is 109 Å². The number of carboxylic acids is 1. The Morgan fingerprint density at radius 1 is 1.47 bits per heavy atom. The van der Waals surface area contributed by atoms with Crippen LogP contribution in [0.2, 0.25) is 0 Å². The Morgan fingerprint density at radius 2 is 2.24 bits per heavy atom. The molecule has 1 aliphatic heterocycles. The van der Waals surface area contributed by atoms with Crippen molar-refractivity contribution in [3.8, 4) is 0 Å². The molecule has 1 heterocycles. The van der Waals surface area contributed by atoms with E-state index in [0.717, 1.165) is 23.2 Å². The van der Waals surface area contributed by atoms with Crippen LogP contribution in [0.4, 0.5) is 5.69 Å². The lowest BCUT2D eigenvalue weighted by molar-refractivity contribution is -0.141. The molecule has 2 rings (SSSR count). The van der Waals surface area contributed by atoms with E-state index in [4.69, 9.17) is 5.11 Å². The lowest BCUT2D eigenvalue weighted by Gasteiger charge is -2.25. The highest BCUT2D eigenvalue weighted by Gasteiger charge is 2.24. The summed E-state index contributed by atoms with van der Waals surface area (Å²) in [4.78, 5) is 13.2. The summed E-state index contributed by atoms with van der Waals surface area (Å²) in [6.45, 7) is 2.72. The standard InChI is InChI=1S/C12H15BrN2O2/c13-10-3-1-2-4-11(10)15-6-5-14-7-9(8-15)12(16)17/h1-4,9,14H,5-8H2,(H,16,17). The molecule has 92 valence electrons. The highest BCUT2D eigenvalue weighted by atomic mass is 79.9. The van der Waals surface area contributed by atoms with Crippen LogP contribution >= 0.6 is 15.9 Å². The van der Waals surface area contributed by atoms with Crippen LogP contribution in [0, 0.1) is 5.92 Å².